The van der Waals surface area contributed by atoms with E-state index in [9.17, 15) is 0 Å². The van der Waals surface area contributed by atoms with Crippen molar-refractivity contribution in [3.8, 4) is 23.1 Å². The SMILES string of the molecule is COc1cc2c(Oc3ccc4cc(C)[nH]c4c3)ncnc2cc1OCC1CCNCC1. The quantitative estimate of drug-likeness (QED) is 0.476. The Hall–Kier alpha value is -3.32. The van der Waals surface area contributed by atoms with Gasteiger partial charge in [0.1, 0.15) is 12.1 Å². The van der Waals surface area contributed by atoms with Crippen molar-refractivity contribution in [3.63, 3.8) is 0 Å². The third-order valence-electron chi connectivity index (χ3n) is 5.76. The second-order valence-electron chi connectivity index (χ2n) is 8.01. The van der Waals surface area contributed by atoms with E-state index in [4.69, 9.17) is 14.2 Å². The molecule has 4 aromatic rings. The fourth-order valence-corrected chi connectivity index (χ4v) is 4.08. The Morgan fingerprint density at radius 2 is 1.90 bits per heavy atom. The number of aromatic nitrogens is 3. The minimum Gasteiger partial charge on any atom is -0.493 e. The lowest BCUT2D eigenvalue weighted by molar-refractivity contribution is 0.208. The highest BCUT2D eigenvalue weighted by Gasteiger charge is 2.17. The van der Waals surface area contributed by atoms with Gasteiger partial charge >= 0.3 is 0 Å². The van der Waals surface area contributed by atoms with Crippen LogP contribution < -0.4 is 19.5 Å². The molecule has 7 nitrogen and oxygen atoms in total. The number of nitrogens with zero attached hydrogens (tertiary/aromatic N) is 2. The van der Waals surface area contributed by atoms with E-state index in [1.54, 1.807) is 7.11 Å². The summed E-state index contributed by atoms with van der Waals surface area (Å²) >= 11 is 0. The van der Waals surface area contributed by atoms with Crippen LogP contribution in [0.4, 0.5) is 0 Å². The van der Waals surface area contributed by atoms with Crippen molar-refractivity contribution in [2.45, 2.75) is 19.8 Å². The van der Waals surface area contributed by atoms with Crippen molar-refractivity contribution >= 4 is 21.8 Å². The zero-order valence-corrected chi connectivity index (χ0v) is 17.8. The molecule has 1 aliphatic heterocycles. The maximum absolute atomic E-state index is 6.13. The molecule has 31 heavy (non-hydrogen) atoms. The number of rotatable bonds is 6. The van der Waals surface area contributed by atoms with Gasteiger partial charge in [-0.1, -0.05) is 0 Å². The zero-order chi connectivity index (χ0) is 21.2. The Balaban J connectivity index is 1.43. The van der Waals surface area contributed by atoms with Crippen LogP contribution in [0, 0.1) is 12.8 Å². The van der Waals surface area contributed by atoms with Gasteiger partial charge in [0, 0.05) is 23.3 Å². The summed E-state index contributed by atoms with van der Waals surface area (Å²) in [6, 6.07) is 11.8. The molecule has 5 rings (SSSR count). The zero-order valence-electron chi connectivity index (χ0n) is 17.8. The second kappa shape index (κ2) is 8.43. The van der Waals surface area contributed by atoms with Crippen LogP contribution in [0.25, 0.3) is 21.8 Å². The van der Waals surface area contributed by atoms with Crippen LogP contribution >= 0.6 is 0 Å². The van der Waals surface area contributed by atoms with Crippen LogP contribution in [0.3, 0.4) is 0 Å². The van der Waals surface area contributed by atoms with Gasteiger partial charge in [-0.05, 0) is 68.4 Å². The number of aromatic amines is 1. The number of nitrogens with one attached hydrogen (secondary N) is 2. The van der Waals surface area contributed by atoms with E-state index in [-0.39, 0.29) is 0 Å². The summed E-state index contributed by atoms with van der Waals surface area (Å²) < 4.78 is 17.9. The van der Waals surface area contributed by atoms with E-state index < -0.39 is 0 Å². The minimum atomic E-state index is 0.482. The summed E-state index contributed by atoms with van der Waals surface area (Å²) in [6.45, 7) is 4.80. The molecule has 0 saturated carbocycles. The molecular weight excluding hydrogens is 392 g/mol. The number of aryl methyl sites for hydroxylation is 1. The molecular formula is C24H26N4O3. The lowest BCUT2D eigenvalue weighted by Gasteiger charge is -2.23. The first-order valence-electron chi connectivity index (χ1n) is 10.6. The van der Waals surface area contributed by atoms with Crippen molar-refractivity contribution in [2.24, 2.45) is 5.92 Å². The molecule has 1 saturated heterocycles. The van der Waals surface area contributed by atoms with Gasteiger partial charge in [-0.2, -0.15) is 0 Å². The van der Waals surface area contributed by atoms with Gasteiger partial charge in [-0.25, -0.2) is 9.97 Å². The van der Waals surface area contributed by atoms with E-state index in [0.717, 1.165) is 53.4 Å². The van der Waals surface area contributed by atoms with Crippen LogP contribution in [-0.4, -0.2) is 41.8 Å². The Labute approximate surface area is 180 Å². The Bertz CT molecular complexity index is 1210. The monoisotopic (exact) mass is 418 g/mol. The summed E-state index contributed by atoms with van der Waals surface area (Å²) in [5.41, 5.74) is 2.89. The molecule has 3 heterocycles. The van der Waals surface area contributed by atoms with Gasteiger partial charge in [-0.15, -0.1) is 0 Å². The Morgan fingerprint density at radius 1 is 1.03 bits per heavy atom. The number of methoxy groups -OCH3 is 1. The highest BCUT2D eigenvalue weighted by atomic mass is 16.5. The fourth-order valence-electron chi connectivity index (χ4n) is 4.08. The second-order valence-corrected chi connectivity index (χ2v) is 8.01. The highest BCUT2D eigenvalue weighted by Crippen LogP contribution is 2.36. The first kappa shape index (κ1) is 19.6. The van der Waals surface area contributed by atoms with Gasteiger partial charge in [0.15, 0.2) is 11.5 Å². The van der Waals surface area contributed by atoms with Gasteiger partial charge in [0.2, 0.25) is 5.88 Å². The number of piperidine rings is 1. The molecule has 0 amide bonds. The molecule has 0 spiro atoms. The maximum atomic E-state index is 6.13. The molecule has 2 N–H and O–H groups in total. The van der Waals surface area contributed by atoms with Gasteiger partial charge in [0.25, 0.3) is 0 Å². The molecule has 2 aromatic carbocycles. The van der Waals surface area contributed by atoms with Crippen LogP contribution in [0.5, 0.6) is 23.1 Å². The van der Waals surface area contributed by atoms with Crippen molar-refractivity contribution in [3.05, 3.63) is 48.4 Å². The first-order chi connectivity index (χ1) is 15.2. The lowest BCUT2D eigenvalue weighted by atomic mass is 9.99. The molecule has 7 heteroatoms. The van der Waals surface area contributed by atoms with Crippen molar-refractivity contribution < 1.29 is 14.2 Å². The van der Waals surface area contributed by atoms with Crippen LogP contribution in [0.1, 0.15) is 18.5 Å². The minimum absolute atomic E-state index is 0.482. The van der Waals surface area contributed by atoms with E-state index >= 15 is 0 Å². The Morgan fingerprint density at radius 3 is 2.74 bits per heavy atom. The van der Waals surface area contributed by atoms with Crippen LogP contribution in [-0.2, 0) is 0 Å². The van der Waals surface area contributed by atoms with E-state index in [2.05, 4.69) is 26.3 Å². The van der Waals surface area contributed by atoms with E-state index in [0.29, 0.717) is 35.7 Å². The van der Waals surface area contributed by atoms with Crippen molar-refractivity contribution in [1.82, 2.24) is 20.3 Å². The molecule has 2 aromatic heterocycles. The Kier molecular flexibility index (Phi) is 5.34. The molecule has 0 bridgehead atoms. The van der Waals surface area contributed by atoms with Gasteiger partial charge < -0.3 is 24.5 Å². The number of hydrogen-bond donors (Lipinski definition) is 2. The normalized spacial score (nSPS) is 14.8. The maximum Gasteiger partial charge on any atom is 0.230 e. The predicted octanol–water partition coefficient (Wildman–Crippen LogP) is 4.60. The summed E-state index contributed by atoms with van der Waals surface area (Å²) in [7, 11) is 1.64. The smallest absolute Gasteiger partial charge is 0.230 e. The molecule has 1 fully saturated rings. The van der Waals surface area contributed by atoms with Gasteiger partial charge in [-0.3, -0.25) is 0 Å². The average Bonchev–Trinajstić information content (AvgIpc) is 3.17. The molecule has 1 aliphatic rings. The highest BCUT2D eigenvalue weighted by molar-refractivity contribution is 5.87. The third-order valence-corrected chi connectivity index (χ3v) is 5.76. The van der Waals surface area contributed by atoms with Crippen molar-refractivity contribution in [1.29, 1.82) is 0 Å². The standard InChI is InChI=1S/C24H26N4O3/c1-15-9-17-3-4-18(10-20(17)28-15)31-24-19-11-22(29-2)23(12-21(19)26-14-27-24)30-13-16-5-7-25-8-6-16/h3-4,9-12,14,16,25,28H,5-8,13H2,1-2H3. The van der Waals surface area contributed by atoms with Crippen LogP contribution in [0.15, 0.2) is 42.7 Å². The number of fused-ring (bicyclic) bond motifs is 2. The number of H-pyrrole nitrogens is 1. The summed E-state index contributed by atoms with van der Waals surface area (Å²) in [4.78, 5) is 12.1. The van der Waals surface area contributed by atoms with E-state index in [1.165, 1.54) is 6.33 Å². The summed E-state index contributed by atoms with van der Waals surface area (Å²) in [5, 5.41) is 5.31. The number of ether oxygens (including phenoxy) is 3. The lowest BCUT2D eigenvalue weighted by Crippen LogP contribution is -2.30. The van der Waals surface area contributed by atoms with E-state index in [1.807, 2.05) is 37.3 Å². The van der Waals surface area contributed by atoms with Crippen LogP contribution in [0.2, 0.25) is 0 Å². The number of hydrogen-bond acceptors (Lipinski definition) is 6. The molecule has 0 atom stereocenters. The largest absolute Gasteiger partial charge is 0.493 e. The summed E-state index contributed by atoms with van der Waals surface area (Å²) in [5.74, 6) is 3.09. The average molecular weight is 418 g/mol. The topological polar surface area (TPSA) is 81.3 Å². The first-order valence-corrected chi connectivity index (χ1v) is 10.6. The molecule has 0 aliphatic carbocycles. The predicted molar refractivity (Wildman–Crippen MR) is 120 cm³/mol. The number of benzene rings is 2. The summed E-state index contributed by atoms with van der Waals surface area (Å²) in [6.07, 6.45) is 3.76. The fraction of sp³-hybridized carbons (Fsp3) is 0.333. The third kappa shape index (κ3) is 4.14. The van der Waals surface area contributed by atoms with Crippen molar-refractivity contribution in [2.75, 3.05) is 26.8 Å². The molecule has 160 valence electrons. The molecule has 0 unspecified atom stereocenters. The van der Waals surface area contributed by atoms with Gasteiger partial charge in [0.05, 0.1) is 24.6 Å². The molecule has 0 radical (unpaired) electrons.